The number of halogens is 2. The van der Waals surface area contributed by atoms with E-state index in [2.05, 4.69) is 9.72 Å². The van der Waals surface area contributed by atoms with Crippen LogP contribution in [0.5, 0.6) is 11.5 Å². The molecule has 6 nitrogen and oxygen atoms in total. The number of nitrogens with zero attached hydrogens (tertiary/aromatic N) is 2. The molecule has 1 amide bonds. The van der Waals surface area contributed by atoms with Gasteiger partial charge in [-0.15, -0.1) is 11.3 Å². The summed E-state index contributed by atoms with van der Waals surface area (Å²) in [5.41, 5.74) is 1.29. The quantitative estimate of drug-likeness (QED) is 0.534. The number of aromatic nitrogens is 1. The van der Waals surface area contributed by atoms with Crippen molar-refractivity contribution >= 4 is 17.2 Å². The van der Waals surface area contributed by atoms with Gasteiger partial charge in [-0.25, -0.2) is 4.98 Å². The Hall–Kier alpha value is -2.94. The second kappa shape index (κ2) is 9.04. The van der Waals surface area contributed by atoms with E-state index in [1.165, 1.54) is 35.5 Å². The molecule has 0 spiro atoms. The molecule has 9 heteroatoms. The first kappa shape index (κ1) is 20.8. The first-order valence-corrected chi connectivity index (χ1v) is 9.60. The van der Waals surface area contributed by atoms with Crippen molar-refractivity contribution in [1.82, 2.24) is 9.88 Å². The summed E-state index contributed by atoms with van der Waals surface area (Å²) in [6.07, 6.45) is 0.128. The molecule has 2 heterocycles. The minimum absolute atomic E-state index is 0.0706. The summed E-state index contributed by atoms with van der Waals surface area (Å²) < 4.78 is 40.2. The van der Waals surface area contributed by atoms with Crippen LogP contribution in [0.1, 0.15) is 17.0 Å². The van der Waals surface area contributed by atoms with Crippen molar-refractivity contribution in [2.45, 2.75) is 26.5 Å². The second-order valence-electron chi connectivity index (χ2n) is 6.34. The number of ether oxygens (including phenoxy) is 2. The lowest BCUT2D eigenvalue weighted by Gasteiger charge is -2.18. The topological polar surface area (TPSA) is 64.8 Å². The van der Waals surface area contributed by atoms with Crippen molar-refractivity contribution in [3.05, 3.63) is 52.7 Å². The van der Waals surface area contributed by atoms with Crippen LogP contribution in [0.15, 0.2) is 40.1 Å². The number of carbonyl (C=O) groups excluding carboxylic acids is 1. The molecule has 0 fully saturated rings. The van der Waals surface area contributed by atoms with E-state index in [0.717, 1.165) is 5.76 Å². The van der Waals surface area contributed by atoms with E-state index >= 15 is 0 Å². The lowest BCUT2D eigenvalue weighted by molar-refractivity contribution is -0.129. The van der Waals surface area contributed by atoms with Gasteiger partial charge in [-0.1, -0.05) is 6.07 Å². The van der Waals surface area contributed by atoms with Crippen LogP contribution in [0.25, 0.3) is 10.8 Å². The molecule has 2 aromatic heterocycles. The first-order chi connectivity index (χ1) is 13.9. The third-order valence-corrected chi connectivity index (χ3v) is 5.03. The smallest absolute Gasteiger partial charge is 0.387 e. The van der Waals surface area contributed by atoms with E-state index in [-0.39, 0.29) is 30.4 Å². The third-order valence-electron chi connectivity index (χ3n) is 4.12. The van der Waals surface area contributed by atoms with Crippen molar-refractivity contribution in [2.75, 3.05) is 14.2 Å². The predicted molar refractivity (Wildman–Crippen MR) is 104 cm³/mol. The summed E-state index contributed by atoms with van der Waals surface area (Å²) in [4.78, 5) is 18.5. The standard InChI is InChI=1S/C20H20F2N2O4S/c1-12-4-6-16(27-12)19-23-14(11-29-19)9-18(25)24(2)10-13-5-7-15(26-3)17(8-13)28-20(21)22/h4-8,11,20H,9-10H2,1-3H3. The molecule has 29 heavy (non-hydrogen) atoms. The van der Waals surface area contributed by atoms with Gasteiger partial charge < -0.3 is 18.8 Å². The number of amides is 1. The molecular formula is C20H20F2N2O4S. The highest BCUT2D eigenvalue weighted by molar-refractivity contribution is 7.13. The van der Waals surface area contributed by atoms with Crippen LogP contribution in [0.3, 0.4) is 0 Å². The molecule has 0 atom stereocenters. The van der Waals surface area contributed by atoms with Gasteiger partial charge in [-0.3, -0.25) is 4.79 Å². The number of rotatable bonds is 8. The number of alkyl halides is 2. The Morgan fingerprint density at radius 1 is 1.28 bits per heavy atom. The zero-order valence-corrected chi connectivity index (χ0v) is 17.0. The number of likely N-dealkylation sites (N-methyl/N-ethyl adjacent to an activating group) is 1. The Kier molecular flexibility index (Phi) is 6.48. The van der Waals surface area contributed by atoms with Crippen LogP contribution in [0, 0.1) is 6.92 Å². The SMILES string of the molecule is COc1ccc(CN(C)C(=O)Cc2csc(-c3ccc(C)o3)n2)cc1OC(F)F. The molecule has 0 N–H and O–H groups in total. The first-order valence-electron chi connectivity index (χ1n) is 8.72. The number of hydrogen-bond acceptors (Lipinski definition) is 6. The fraction of sp³-hybridized carbons (Fsp3) is 0.300. The lowest BCUT2D eigenvalue weighted by atomic mass is 10.2. The van der Waals surface area contributed by atoms with Crippen molar-refractivity contribution in [1.29, 1.82) is 0 Å². The Morgan fingerprint density at radius 2 is 2.07 bits per heavy atom. The van der Waals surface area contributed by atoms with Gasteiger partial charge >= 0.3 is 6.61 Å². The molecule has 0 unspecified atom stereocenters. The van der Waals surface area contributed by atoms with Gasteiger partial charge in [-0.2, -0.15) is 8.78 Å². The van der Waals surface area contributed by atoms with Gasteiger partial charge in [0.05, 0.1) is 19.2 Å². The van der Waals surface area contributed by atoms with Gasteiger partial charge in [0.15, 0.2) is 22.3 Å². The maximum Gasteiger partial charge on any atom is 0.387 e. The molecule has 0 aliphatic heterocycles. The van der Waals surface area contributed by atoms with Crippen LogP contribution in [-0.2, 0) is 17.8 Å². The lowest BCUT2D eigenvalue weighted by Crippen LogP contribution is -2.27. The number of carbonyl (C=O) groups is 1. The molecule has 3 aromatic rings. The summed E-state index contributed by atoms with van der Waals surface area (Å²) in [6, 6.07) is 8.37. The van der Waals surface area contributed by atoms with E-state index < -0.39 is 6.61 Å². The molecule has 1 aromatic carbocycles. The number of aryl methyl sites for hydroxylation is 1. The van der Waals surface area contributed by atoms with Gasteiger partial charge in [-0.05, 0) is 36.8 Å². The fourth-order valence-corrected chi connectivity index (χ4v) is 3.49. The Bertz CT molecular complexity index is 987. The van der Waals surface area contributed by atoms with E-state index in [0.29, 0.717) is 22.0 Å². The third kappa shape index (κ3) is 5.32. The minimum Gasteiger partial charge on any atom is -0.493 e. The van der Waals surface area contributed by atoms with Crippen LogP contribution >= 0.6 is 11.3 Å². The van der Waals surface area contributed by atoms with Crippen LogP contribution in [-0.4, -0.2) is 36.6 Å². The maximum absolute atomic E-state index is 12.6. The van der Waals surface area contributed by atoms with Crippen molar-refractivity contribution < 1.29 is 27.5 Å². The maximum atomic E-state index is 12.6. The van der Waals surface area contributed by atoms with Gasteiger partial charge in [0.2, 0.25) is 5.91 Å². The summed E-state index contributed by atoms with van der Waals surface area (Å²) in [5, 5.41) is 2.54. The highest BCUT2D eigenvalue weighted by atomic mass is 32.1. The number of methoxy groups -OCH3 is 1. The molecule has 3 rings (SSSR count). The summed E-state index contributed by atoms with van der Waals surface area (Å²) in [7, 11) is 3.01. The second-order valence-corrected chi connectivity index (χ2v) is 7.20. The molecule has 154 valence electrons. The predicted octanol–water partition coefficient (Wildman–Crippen LogP) is 4.52. The van der Waals surface area contributed by atoms with Gasteiger partial charge in [0.1, 0.15) is 5.76 Å². The molecular weight excluding hydrogens is 402 g/mol. The summed E-state index contributed by atoms with van der Waals surface area (Å²) in [5.74, 6) is 1.45. The van der Waals surface area contributed by atoms with Crippen molar-refractivity contribution in [3.63, 3.8) is 0 Å². The Morgan fingerprint density at radius 3 is 2.72 bits per heavy atom. The Balaban J connectivity index is 1.64. The molecule has 0 bridgehead atoms. The highest BCUT2D eigenvalue weighted by Gasteiger charge is 2.16. The monoisotopic (exact) mass is 422 g/mol. The number of thiazole rings is 1. The number of benzene rings is 1. The van der Waals surface area contributed by atoms with E-state index in [1.807, 2.05) is 24.4 Å². The fourth-order valence-electron chi connectivity index (χ4n) is 2.71. The molecule has 0 aliphatic rings. The summed E-state index contributed by atoms with van der Waals surface area (Å²) >= 11 is 1.41. The Labute approximate surface area is 170 Å². The van der Waals surface area contributed by atoms with Gasteiger partial charge in [0, 0.05) is 19.0 Å². The molecule has 0 radical (unpaired) electrons. The largest absolute Gasteiger partial charge is 0.493 e. The van der Waals surface area contributed by atoms with Crippen LogP contribution < -0.4 is 9.47 Å². The van der Waals surface area contributed by atoms with Crippen molar-refractivity contribution in [2.24, 2.45) is 0 Å². The number of furan rings is 1. The zero-order chi connectivity index (χ0) is 21.0. The number of hydrogen-bond donors (Lipinski definition) is 0. The van der Waals surface area contributed by atoms with Crippen LogP contribution in [0.4, 0.5) is 8.78 Å². The van der Waals surface area contributed by atoms with Crippen LogP contribution in [0.2, 0.25) is 0 Å². The molecule has 0 saturated carbocycles. The average Bonchev–Trinajstić information content (AvgIpc) is 3.30. The van der Waals surface area contributed by atoms with E-state index in [1.54, 1.807) is 13.1 Å². The molecule has 0 saturated heterocycles. The average molecular weight is 422 g/mol. The normalized spacial score (nSPS) is 11.0. The van der Waals surface area contributed by atoms with E-state index in [9.17, 15) is 13.6 Å². The van der Waals surface area contributed by atoms with E-state index in [4.69, 9.17) is 9.15 Å². The van der Waals surface area contributed by atoms with Gasteiger partial charge in [0.25, 0.3) is 0 Å². The van der Waals surface area contributed by atoms with Crippen molar-refractivity contribution in [3.8, 4) is 22.3 Å². The summed E-state index contributed by atoms with van der Waals surface area (Å²) in [6.45, 7) is -0.875. The molecule has 0 aliphatic carbocycles. The highest BCUT2D eigenvalue weighted by Crippen LogP contribution is 2.30. The minimum atomic E-state index is -2.96. The zero-order valence-electron chi connectivity index (χ0n) is 16.1.